The van der Waals surface area contributed by atoms with Crippen LogP contribution in [0.4, 0.5) is 0 Å². The van der Waals surface area contributed by atoms with E-state index in [1.54, 1.807) is 0 Å². The van der Waals surface area contributed by atoms with Gasteiger partial charge in [0.2, 0.25) is 5.91 Å². The van der Waals surface area contributed by atoms with Crippen LogP contribution in [0.15, 0.2) is 12.2 Å². The molecule has 2 aliphatic carbocycles. The minimum Gasteiger partial charge on any atom is -0.353 e. The number of carbonyl (C=O) groups is 1. The van der Waals surface area contributed by atoms with Crippen LogP contribution in [0, 0.1) is 11.8 Å². The summed E-state index contributed by atoms with van der Waals surface area (Å²) in [7, 11) is 0. The molecule has 1 saturated carbocycles. The van der Waals surface area contributed by atoms with Gasteiger partial charge in [0.15, 0.2) is 0 Å². The maximum atomic E-state index is 12.1. The number of nitrogens with one attached hydrogen (secondary N) is 1. The molecule has 0 saturated heterocycles. The van der Waals surface area contributed by atoms with Crippen molar-refractivity contribution >= 4 is 5.91 Å². The van der Waals surface area contributed by atoms with Gasteiger partial charge in [-0.3, -0.25) is 4.79 Å². The molecule has 2 rings (SSSR count). The molecule has 2 aliphatic rings. The molecule has 0 aromatic carbocycles. The average Bonchev–Trinajstić information content (AvgIpc) is 2.78. The molecule has 90 valence electrons. The summed E-state index contributed by atoms with van der Waals surface area (Å²) in [5.74, 6) is 0.836. The van der Waals surface area contributed by atoms with Gasteiger partial charge in [-0.1, -0.05) is 18.6 Å². The Morgan fingerprint density at radius 2 is 2.19 bits per heavy atom. The third-order valence-electron chi connectivity index (χ3n) is 3.91. The molecule has 0 aliphatic heterocycles. The molecular weight excluding hydrogens is 200 g/mol. The summed E-state index contributed by atoms with van der Waals surface area (Å²) < 4.78 is 0. The lowest BCUT2D eigenvalue weighted by atomic mass is 9.94. The van der Waals surface area contributed by atoms with Crippen LogP contribution in [-0.2, 0) is 4.79 Å². The summed E-state index contributed by atoms with van der Waals surface area (Å²) in [4.78, 5) is 12.1. The third-order valence-corrected chi connectivity index (χ3v) is 3.91. The normalized spacial score (nSPS) is 33.9. The Bertz CT molecular complexity index is 275. The van der Waals surface area contributed by atoms with Crippen molar-refractivity contribution in [2.45, 2.75) is 44.6 Å². The van der Waals surface area contributed by atoms with E-state index in [0.29, 0.717) is 18.5 Å². The summed E-state index contributed by atoms with van der Waals surface area (Å²) in [5, 5.41) is 3.18. The molecule has 0 bridgehead atoms. The molecule has 1 amide bonds. The summed E-state index contributed by atoms with van der Waals surface area (Å²) >= 11 is 0. The molecule has 3 N–H and O–H groups in total. The standard InChI is InChI=1S/C13H22N2O/c14-9-10-5-4-8-12(10)13(16)15-11-6-2-1-3-7-11/h1-2,10-12H,3-9,14H2,(H,15,16). The predicted molar refractivity (Wildman–Crippen MR) is 64.8 cm³/mol. The minimum atomic E-state index is 0.177. The smallest absolute Gasteiger partial charge is 0.223 e. The lowest BCUT2D eigenvalue weighted by Gasteiger charge is -2.23. The van der Waals surface area contributed by atoms with E-state index in [0.717, 1.165) is 38.5 Å². The molecule has 0 heterocycles. The maximum absolute atomic E-state index is 12.1. The first-order valence-electron chi connectivity index (χ1n) is 6.46. The Morgan fingerprint density at radius 3 is 2.88 bits per heavy atom. The quantitative estimate of drug-likeness (QED) is 0.712. The predicted octanol–water partition coefficient (Wildman–Crippen LogP) is 1.59. The fourth-order valence-electron chi connectivity index (χ4n) is 2.90. The number of nitrogens with two attached hydrogens (primary N) is 1. The second-order valence-electron chi connectivity index (χ2n) is 5.02. The summed E-state index contributed by atoms with van der Waals surface area (Å²) in [6.07, 6.45) is 10.8. The Balaban J connectivity index is 1.84. The SMILES string of the molecule is NCC1CCCC1C(=O)NC1CC=CCC1. The molecule has 3 nitrogen and oxygen atoms in total. The Hall–Kier alpha value is -0.830. The van der Waals surface area contributed by atoms with Gasteiger partial charge >= 0.3 is 0 Å². The highest BCUT2D eigenvalue weighted by molar-refractivity contribution is 5.79. The van der Waals surface area contributed by atoms with Crippen LogP contribution < -0.4 is 11.1 Å². The topological polar surface area (TPSA) is 55.1 Å². The van der Waals surface area contributed by atoms with Crippen LogP contribution in [0.25, 0.3) is 0 Å². The number of rotatable bonds is 3. The van der Waals surface area contributed by atoms with Crippen LogP contribution in [0.2, 0.25) is 0 Å². The van der Waals surface area contributed by atoms with E-state index < -0.39 is 0 Å². The molecule has 3 unspecified atom stereocenters. The van der Waals surface area contributed by atoms with Gasteiger partial charge in [-0.2, -0.15) is 0 Å². The number of amides is 1. The molecule has 1 fully saturated rings. The number of hydrogen-bond donors (Lipinski definition) is 2. The fourth-order valence-corrected chi connectivity index (χ4v) is 2.90. The minimum absolute atomic E-state index is 0.177. The van der Waals surface area contributed by atoms with E-state index in [1.165, 1.54) is 0 Å². The molecule has 16 heavy (non-hydrogen) atoms. The summed E-state index contributed by atoms with van der Waals surface area (Å²) in [6.45, 7) is 0.655. The van der Waals surface area contributed by atoms with E-state index in [-0.39, 0.29) is 11.8 Å². The van der Waals surface area contributed by atoms with Crippen LogP contribution in [0.1, 0.15) is 38.5 Å². The van der Waals surface area contributed by atoms with E-state index in [1.807, 2.05) is 0 Å². The van der Waals surface area contributed by atoms with Crippen molar-refractivity contribution in [1.29, 1.82) is 0 Å². The van der Waals surface area contributed by atoms with Crippen molar-refractivity contribution in [1.82, 2.24) is 5.32 Å². The van der Waals surface area contributed by atoms with E-state index in [9.17, 15) is 4.79 Å². The van der Waals surface area contributed by atoms with Crippen molar-refractivity contribution in [2.24, 2.45) is 17.6 Å². The number of allylic oxidation sites excluding steroid dienone is 1. The van der Waals surface area contributed by atoms with Crippen LogP contribution in [-0.4, -0.2) is 18.5 Å². The fraction of sp³-hybridized carbons (Fsp3) is 0.769. The molecule has 3 heteroatoms. The zero-order chi connectivity index (χ0) is 11.4. The lowest BCUT2D eigenvalue weighted by molar-refractivity contribution is -0.126. The zero-order valence-electron chi connectivity index (χ0n) is 9.82. The van der Waals surface area contributed by atoms with E-state index in [4.69, 9.17) is 5.73 Å². The largest absolute Gasteiger partial charge is 0.353 e. The van der Waals surface area contributed by atoms with Gasteiger partial charge in [-0.05, 0) is 44.6 Å². The van der Waals surface area contributed by atoms with Crippen LogP contribution in [0.3, 0.4) is 0 Å². The van der Waals surface area contributed by atoms with Gasteiger partial charge in [0.1, 0.15) is 0 Å². The van der Waals surface area contributed by atoms with Crippen molar-refractivity contribution < 1.29 is 4.79 Å². The Kier molecular flexibility index (Phi) is 3.99. The van der Waals surface area contributed by atoms with Gasteiger partial charge in [0.05, 0.1) is 0 Å². The second kappa shape index (κ2) is 5.48. The van der Waals surface area contributed by atoms with Crippen LogP contribution >= 0.6 is 0 Å². The average molecular weight is 222 g/mol. The van der Waals surface area contributed by atoms with E-state index >= 15 is 0 Å². The monoisotopic (exact) mass is 222 g/mol. The number of hydrogen-bond acceptors (Lipinski definition) is 2. The molecule has 3 atom stereocenters. The van der Waals surface area contributed by atoms with Crippen LogP contribution in [0.5, 0.6) is 0 Å². The molecule has 0 aromatic rings. The van der Waals surface area contributed by atoms with E-state index in [2.05, 4.69) is 17.5 Å². The Labute approximate surface area is 97.5 Å². The Morgan fingerprint density at radius 1 is 1.31 bits per heavy atom. The first kappa shape index (κ1) is 11.6. The van der Waals surface area contributed by atoms with Crippen molar-refractivity contribution in [3.8, 4) is 0 Å². The highest BCUT2D eigenvalue weighted by Crippen LogP contribution is 2.31. The molecular formula is C13H22N2O. The van der Waals surface area contributed by atoms with Gasteiger partial charge < -0.3 is 11.1 Å². The molecule has 0 spiro atoms. The van der Waals surface area contributed by atoms with Gasteiger partial charge in [0.25, 0.3) is 0 Å². The van der Waals surface area contributed by atoms with Gasteiger partial charge in [0, 0.05) is 12.0 Å². The molecule has 0 aromatic heterocycles. The van der Waals surface area contributed by atoms with Gasteiger partial charge in [-0.25, -0.2) is 0 Å². The summed E-state index contributed by atoms with van der Waals surface area (Å²) in [6, 6.07) is 0.358. The highest BCUT2D eigenvalue weighted by atomic mass is 16.2. The zero-order valence-corrected chi connectivity index (χ0v) is 9.82. The first-order valence-corrected chi connectivity index (χ1v) is 6.46. The van der Waals surface area contributed by atoms with Crippen molar-refractivity contribution in [2.75, 3.05) is 6.54 Å². The van der Waals surface area contributed by atoms with Crippen molar-refractivity contribution in [3.05, 3.63) is 12.2 Å². The van der Waals surface area contributed by atoms with Crippen molar-refractivity contribution in [3.63, 3.8) is 0 Å². The molecule has 0 radical (unpaired) electrons. The van der Waals surface area contributed by atoms with Gasteiger partial charge in [-0.15, -0.1) is 0 Å². The second-order valence-corrected chi connectivity index (χ2v) is 5.02. The number of carbonyl (C=O) groups excluding carboxylic acids is 1. The maximum Gasteiger partial charge on any atom is 0.223 e. The lowest BCUT2D eigenvalue weighted by Crippen LogP contribution is -2.41. The first-order chi connectivity index (χ1) is 7.81. The highest BCUT2D eigenvalue weighted by Gasteiger charge is 2.32. The third kappa shape index (κ3) is 2.64. The summed E-state index contributed by atoms with van der Waals surface area (Å²) in [5.41, 5.74) is 5.70.